The van der Waals surface area contributed by atoms with Crippen molar-refractivity contribution in [2.45, 2.75) is 0 Å². The average molecular weight is 254 g/mol. The van der Waals surface area contributed by atoms with Crippen molar-refractivity contribution in [3.05, 3.63) is 53.8 Å². The van der Waals surface area contributed by atoms with Crippen LogP contribution in [0, 0.1) is 0 Å². The van der Waals surface area contributed by atoms with Crippen LogP contribution in [0.4, 0.5) is 0 Å². The molecule has 0 saturated carbocycles. The minimum absolute atomic E-state index is 0.711. The highest BCUT2D eigenvalue weighted by atomic mass is 35.5. The molecule has 2 aromatic carbocycles. The zero-order valence-corrected chi connectivity index (χ0v) is 10.1. The third-order valence-electron chi connectivity index (χ3n) is 3.12. The van der Waals surface area contributed by atoms with Gasteiger partial charge in [-0.15, -0.1) is 0 Å². The highest BCUT2D eigenvalue weighted by Crippen LogP contribution is 2.27. The fourth-order valence-corrected chi connectivity index (χ4v) is 2.50. The van der Waals surface area contributed by atoms with E-state index in [1.807, 2.05) is 40.9 Å². The summed E-state index contributed by atoms with van der Waals surface area (Å²) in [5.74, 6) is 0. The van der Waals surface area contributed by atoms with E-state index >= 15 is 0 Å². The summed E-state index contributed by atoms with van der Waals surface area (Å²) < 4.78 is 1.81. The van der Waals surface area contributed by atoms with Crippen LogP contribution in [-0.4, -0.2) is 14.6 Å². The lowest BCUT2D eigenvalue weighted by Gasteiger charge is -2.00. The molecule has 0 atom stereocenters. The lowest BCUT2D eigenvalue weighted by Crippen LogP contribution is -1.90. The van der Waals surface area contributed by atoms with Gasteiger partial charge in [0, 0.05) is 15.8 Å². The molecule has 0 fully saturated rings. The van der Waals surface area contributed by atoms with Crippen molar-refractivity contribution in [3.63, 3.8) is 0 Å². The van der Waals surface area contributed by atoms with E-state index in [9.17, 15) is 0 Å². The van der Waals surface area contributed by atoms with E-state index in [0.717, 1.165) is 27.3 Å². The van der Waals surface area contributed by atoms with Crippen LogP contribution in [0.2, 0.25) is 5.02 Å². The lowest BCUT2D eigenvalue weighted by atomic mass is 10.1. The molecule has 4 heteroatoms. The lowest BCUT2D eigenvalue weighted by molar-refractivity contribution is 0.952. The zero-order valence-electron chi connectivity index (χ0n) is 9.34. The maximum atomic E-state index is 6.08. The normalized spacial score (nSPS) is 11.6. The Morgan fingerprint density at radius 1 is 0.944 bits per heavy atom. The summed E-state index contributed by atoms with van der Waals surface area (Å²) in [7, 11) is 0. The fraction of sp³-hybridized carbons (Fsp3) is 0. The SMILES string of the molecule is Clc1ccc2ncn3nc4ccccc4c3c2c1. The first-order valence-electron chi connectivity index (χ1n) is 5.64. The molecule has 0 bridgehead atoms. The Morgan fingerprint density at radius 2 is 1.83 bits per heavy atom. The van der Waals surface area contributed by atoms with Gasteiger partial charge in [-0.1, -0.05) is 29.8 Å². The molecule has 0 aliphatic heterocycles. The monoisotopic (exact) mass is 253 g/mol. The molecule has 0 unspecified atom stereocenters. The number of nitrogens with zero attached hydrogens (tertiary/aromatic N) is 3. The van der Waals surface area contributed by atoms with Crippen LogP contribution < -0.4 is 0 Å². The van der Waals surface area contributed by atoms with Crippen molar-refractivity contribution >= 4 is 38.9 Å². The summed E-state index contributed by atoms with van der Waals surface area (Å²) in [6.07, 6.45) is 1.74. The molecule has 2 heterocycles. The Labute approximate surface area is 108 Å². The van der Waals surface area contributed by atoms with E-state index in [4.69, 9.17) is 11.6 Å². The smallest absolute Gasteiger partial charge is 0.118 e. The van der Waals surface area contributed by atoms with Gasteiger partial charge < -0.3 is 0 Å². The number of benzene rings is 2. The Morgan fingerprint density at radius 3 is 2.78 bits per heavy atom. The van der Waals surface area contributed by atoms with Gasteiger partial charge in [-0.2, -0.15) is 5.10 Å². The molecule has 86 valence electrons. The van der Waals surface area contributed by atoms with Gasteiger partial charge in [-0.05, 0) is 24.3 Å². The van der Waals surface area contributed by atoms with Gasteiger partial charge in [-0.3, -0.25) is 0 Å². The first-order valence-corrected chi connectivity index (χ1v) is 6.02. The molecule has 0 aliphatic rings. The van der Waals surface area contributed by atoms with Gasteiger partial charge in [0.25, 0.3) is 0 Å². The average Bonchev–Trinajstić information content (AvgIpc) is 2.77. The van der Waals surface area contributed by atoms with Crippen LogP contribution in [0.3, 0.4) is 0 Å². The summed E-state index contributed by atoms with van der Waals surface area (Å²) >= 11 is 6.08. The fourth-order valence-electron chi connectivity index (χ4n) is 2.33. The van der Waals surface area contributed by atoms with Gasteiger partial charge in [0.2, 0.25) is 0 Å². The Bertz CT molecular complexity index is 895. The highest BCUT2D eigenvalue weighted by molar-refractivity contribution is 6.31. The third kappa shape index (κ3) is 1.25. The molecule has 4 rings (SSSR count). The summed E-state index contributed by atoms with van der Waals surface area (Å²) in [6.45, 7) is 0. The molecule has 0 amide bonds. The number of hydrogen-bond acceptors (Lipinski definition) is 2. The van der Waals surface area contributed by atoms with Crippen LogP contribution in [0.15, 0.2) is 48.8 Å². The van der Waals surface area contributed by atoms with Crippen molar-refractivity contribution in [3.8, 4) is 0 Å². The standard InChI is InChI=1S/C14H8ClN3/c15-9-5-6-12-11(7-9)14-10-3-1-2-4-13(10)17-18(14)8-16-12/h1-8H. The largest absolute Gasteiger partial charge is 0.236 e. The van der Waals surface area contributed by atoms with Crippen LogP contribution in [0.5, 0.6) is 0 Å². The molecule has 2 aromatic heterocycles. The van der Waals surface area contributed by atoms with Gasteiger partial charge in [0.15, 0.2) is 0 Å². The van der Waals surface area contributed by atoms with Gasteiger partial charge in [0.05, 0.1) is 16.6 Å². The van der Waals surface area contributed by atoms with Crippen LogP contribution in [-0.2, 0) is 0 Å². The minimum Gasteiger partial charge on any atom is -0.236 e. The second-order valence-electron chi connectivity index (χ2n) is 4.22. The van der Waals surface area contributed by atoms with E-state index in [-0.39, 0.29) is 0 Å². The number of halogens is 1. The molecule has 0 saturated heterocycles. The van der Waals surface area contributed by atoms with E-state index in [0.29, 0.717) is 5.02 Å². The number of hydrogen-bond donors (Lipinski definition) is 0. The number of aromatic nitrogens is 3. The van der Waals surface area contributed by atoms with Crippen molar-refractivity contribution in [1.82, 2.24) is 14.6 Å². The number of fused-ring (bicyclic) bond motifs is 5. The van der Waals surface area contributed by atoms with E-state index < -0.39 is 0 Å². The topological polar surface area (TPSA) is 30.2 Å². The summed E-state index contributed by atoms with van der Waals surface area (Å²) in [5, 5.41) is 7.36. The van der Waals surface area contributed by atoms with Crippen LogP contribution >= 0.6 is 11.6 Å². The second-order valence-corrected chi connectivity index (χ2v) is 4.65. The quantitative estimate of drug-likeness (QED) is 0.478. The minimum atomic E-state index is 0.711. The predicted molar refractivity (Wildman–Crippen MR) is 73.0 cm³/mol. The van der Waals surface area contributed by atoms with Crippen molar-refractivity contribution in [1.29, 1.82) is 0 Å². The Balaban J connectivity index is 2.35. The zero-order chi connectivity index (χ0) is 12.1. The van der Waals surface area contributed by atoms with Crippen LogP contribution in [0.1, 0.15) is 0 Å². The summed E-state index contributed by atoms with van der Waals surface area (Å²) in [4.78, 5) is 4.39. The molecule has 4 aromatic rings. The second kappa shape index (κ2) is 3.43. The maximum Gasteiger partial charge on any atom is 0.118 e. The molecule has 0 spiro atoms. The van der Waals surface area contributed by atoms with Crippen molar-refractivity contribution in [2.24, 2.45) is 0 Å². The van der Waals surface area contributed by atoms with E-state index in [1.165, 1.54) is 0 Å². The highest BCUT2D eigenvalue weighted by Gasteiger charge is 2.08. The first-order chi connectivity index (χ1) is 8.83. The molecule has 18 heavy (non-hydrogen) atoms. The van der Waals surface area contributed by atoms with Gasteiger partial charge in [-0.25, -0.2) is 9.50 Å². The summed E-state index contributed by atoms with van der Waals surface area (Å²) in [6, 6.07) is 13.8. The van der Waals surface area contributed by atoms with Gasteiger partial charge >= 0.3 is 0 Å². The predicted octanol–water partition coefficient (Wildman–Crippen LogP) is 3.69. The van der Waals surface area contributed by atoms with E-state index in [2.05, 4.69) is 16.1 Å². The van der Waals surface area contributed by atoms with Gasteiger partial charge in [0.1, 0.15) is 6.33 Å². The molecular formula is C14H8ClN3. The molecule has 0 aliphatic carbocycles. The first kappa shape index (κ1) is 9.85. The molecular weight excluding hydrogens is 246 g/mol. The number of rotatable bonds is 0. The van der Waals surface area contributed by atoms with Crippen molar-refractivity contribution < 1.29 is 0 Å². The van der Waals surface area contributed by atoms with Crippen molar-refractivity contribution in [2.75, 3.05) is 0 Å². The van der Waals surface area contributed by atoms with E-state index in [1.54, 1.807) is 6.33 Å². The molecule has 0 N–H and O–H groups in total. The maximum absolute atomic E-state index is 6.08. The molecule has 0 radical (unpaired) electrons. The summed E-state index contributed by atoms with van der Waals surface area (Å²) in [5.41, 5.74) is 2.95. The molecule has 3 nitrogen and oxygen atoms in total. The van der Waals surface area contributed by atoms with Crippen LogP contribution in [0.25, 0.3) is 27.3 Å². The Kier molecular flexibility index (Phi) is 1.88. The third-order valence-corrected chi connectivity index (χ3v) is 3.36. The Hall–Kier alpha value is -2.13.